The third-order valence-corrected chi connectivity index (χ3v) is 4.43. The van der Waals surface area contributed by atoms with E-state index < -0.39 is 11.8 Å². The number of aryl methyl sites for hydroxylation is 2. The van der Waals surface area contributed by atoms with Gasteiger partial charge in [-0.1, -0.05) is 36.4 Å². The summed E-state index contributed by atoms with van der Waals surface area (Å²) in [5.41, 5.74) is 6.50. The number of nitrogens with one attached hydrogen (secondary N) is 2. The Bertz CT molecular complexity index is 1150. The van der Waals surface area contributed by atoms with Crippen LogP contribution in [0.2, 0.25) is 0 Å². The molecule has 6 nitrogen and oxygen atoms in total. The van der Waals surface area contributed by atoms with Crippen LogP contribution in [-0.4, -0.2) is 11.8 Å². The van der Waals surface area contributed by atoms with Crippen LogP contribution in [-0.2, 0) is 0 Å². The number of hydrazine groups is 1. The topological polar surface area (TPSA) is 84.5 Å². The van der Waals surface area contributed by atoms with E-state index in [1.54, 1.807) is 6.92 Å². The Hall–Kier alpha value is -3.54. The fourth-order valence-corrected chi connectivity index (χ4v) is 3.02. The lowest BCUT2D eigenvalue weighted by atomic mass is 10.1. The van der Waals surface area contributed by atoms with Crippen LogP contribution in [0.5, 0.6) is 0 Å². The van der Waals surface area contributed by atoms with Crippen molar-refractivity contribution in [2.24, 2.45) is 0 Å². The standard InChI is InChI=1S/C20H16N2O4/c1-11-14-8-7-13-5-3-4-6-16(13)18(14)26-17(11)20(24)22-21-19(23)15-9-10-25-12(15)2/h3-10H,1-2H3,(H,21,23)(H,22,24). The van der Waals surface area contributed by atoms with Gasteiger partial charge in [0.25, 0.3) is 5.91 Å². The van der Waals surface area contributed by atoms with Gasteiger partial charge in [0.1, 0.15) is 11.3 Å². The summed E-state index contributed by atoms with van der Waals surface area (Å²) < 4.78 is 10.9. The van der Waals surface area contributed by atoms with Crippen molar-refractivity contribution < 1.29 is 18.4 Å². The molecule has 0 atom stereocenters. The maximum atomic E-state index is 12.5. The van der Waals surface area contributed by atoms with Crippen molar-refractivity contribution >= 4 is 33.6 Å². The molecule has 2 N–H and O–H groups in total. The van der Waals surface area contributed by atoms with Gasteiger partial charge in [-0.25, -0.2) is 0 Å². The molecule has 0 saturated carbocycles. The van der Waals surface area contributed by atoms with Gasteiger partial charge in [0.15, 0.2) is 5.76 Å². The zero-order chi connectivity index (χ0) is 18.3. The zero-order valence-electron chi connectivity index (χ0n) is 14.3. The summed E-state index contributed by atoms with van der Waals surface area (Å²) in [6.07, 6.45) is 1.42. The van der Waals surface area contributed by atoms with E-state index in [0.29, 0.717) is 16.9 Å². The molecule has 6 heteroatoms. The second kappa shape index (κ2) is 6.07. The number of fused-ring (bicyclic) bond motifs is 3. The number of carbonyl (C=O) groups excluding carboxylic acids is 2. The van der Waals surface area contributed by atoms with Gasteiger partial charge in [-0.05, 0) is 25.3 Å². The van der Waals surface area contributed by atoms with Crippen LogP contribution in [0.4, 0.5) is 0 Å². The molecule has 0 fully saturated rings. The van der Waals surface area contributed by atoms with E-state index in [4.69, 9.17) is 8.83 Å². The van der Waals surface area contributed by atoms with Gasteiger partial charge in [-0.3, -0.25) is 20.4 Å². The SMILES string of the molecule is Cc1occc1C(=O)NNC(=O)c1oc2c(ccc3ccccc32)c1C. The first-order valence-corrected chi connectivity index (χ1v) is 8.12. The molecule has 4 aromatic rings. The van der Waals surface area contributed by atoms with Gasteiger partial charge >= 0.3 is 5.91 Å². The molecule has 26 heavy (non-hydrogen) atoms. The second-order valence-electron chi connectivity index (χ2n) is 6.02. The molecule has 0 bridgehead atoms. The third kappa shape index (κ3) is 2.52. The summed E-state index contributed by atoms with van der Waals surface area (Å²) >= 11 is 0. The molecule has 4 rings (SSSR count). The zero-order valence-corrected chi connectivity index (χ0v) is 14.3. The highest BCUT2D eigenvalue weighted by Crippen LogP contribution is 2.31. The predicted octanol–water partition coefficient (Wildman–Crippen LogP) is 3.87. The van der Waals surface area contributed by atoms with E-state index in [1.165, 1.54) is 12.3 Å². The van der Waals surface area contributed by atoms with Crippen molar-refractivity contribution in [1.82, 2.24) is 10.9 Å². The monoisotopic (exact) mass is 348 g/mol. The average molecular weight is 348 g/mol. The first-order valence-electron chi connectivity index (χ1n) is 8.12. The first-order chi connectivity index (χ1) is 12.6. The van der Waals surface area contributed by atoms with Crippen LogP contribution in [0.15, 0.2) is 57.6 Å². The number of rotatable bonds is 2. The fraction of sp³-hybridized carbons (Fsp3) is 0.100. The van der Waals surface area contributed by atoms with E-state index in [1.807, 2.05) is 43.3 Å². The average Bonchev–Trinajstić information content (AvgIpc) is 3.23. The van der Waals surface area contributed by atoms with Crippen molar-refractivity contribution in [3.8, 4) is 0 Å². The molecular formula is C20H16N2O4. The molecule has 2 amide bonds. The maximum absolute atomic E-state index is 12.5. The summed E-state index contributed by atoms with van der Waals surface area (Å²) in [6, 6.07) is 13.3. The molecule has 0 spiro atoms. The van der Waals surface area contributed by atoms with E-state index >= 15 is 0 Å². The van der Waals surface area contributed by atoms with Gasteiger partial charge in [0.2, 0.25) is 0 Å². The minimum Gasteiger partial charge on any atom is -0.469 e. The fourth-order valence-electron chi connectivity index (χ4n) is 3.02. The molecule has 0 saturated heterocycles. The predicted molar refractivity (Wildman–Crippen MR) is 96.8 cm³/mol. The maximum Gasteiger partial charge on any atom is 0.305 e. The van der Waals surface area contributed by atoms with Gasteiger partial charge in [-0.2, -0.15) is 0 Å². The lowest BCUT2D eigenvalue weighted by Crippen LogP contribution is -2.41. The Kier molecular flexibility index (Phi) is 3.73. The molecule has 0 radical (unpaired) electrons. The summed E-state index contributed by atoms with van der Waals surface area (Å²) in [6.45, 7) is 3.49. The first kappa shape index (κ1) is 16.0. The number of benzene rings is 2. The summed E-state index contributed by atoms with van der Waals surface area (Å²) in [5.74, 6) is -0.329. The summed E-state index contributed by atoms with van der Waals surface area (Å²) in [4.78, 5) is 24.6. The molecule has 130 valence electrons. The van der Waals surface area contributed by atoms with Crippen LogP contribution < -0.4 is 10.9 Å². The molecule has 2 aromatic heterocycles. The minimum atomic E-state index is -0.516. The number of hydrogen-bond donors (Lipinski definition) is 2. The smallest absolute Gasteiger partial charge is 0.305 e. The lowest BCUT2D eigenvalue weighted by Gasteiger charge is -2.05. The number of carbonyl (C=O) groups is 2. The van der Waals surface area contributed by atoms with E-state index in [-0.39, 0.29) is 5.76 Å². The normalized spacial score (nSPS) is 11.0. The van der Waals surface area contributed by atoms with Gasteiger partial charge in [-0.15, -0.1) is 0 Å². The number of hydrogen-bond acceptors (Lipinski definition) is 4. The van der Waals surface area contributed by atoms with Gasteiger partial charge < -0.3 is 8.83 Å². The van der Waals surface area contributed by atoms with Crippen LogP contribution in [0.25, 0.3) is 21.7 Å². The van der Waals surface area contributed by atoms with Gasteiger partial charge in [0.05, 0.1) is 11.8 Å². The van der Waals surface area contributed by atoms with Crippen molar-refractivity contribution in [2.75, 3.05) is 0 Å². The van der Waals surface area contributed by atoms with Crippen LogP contribution in [0.1, 0.15) is 32.2 Å². The Morgan fingerprint density at radius 1 is 0.885 bits per heavy atom. The Morgan fingerprint density at radius 3 is 2.42 bits per heavy atom. The Balaban J connectivity index is 1.63. The summed E-state index contributed by atoms with van der Waals surface area (Å²) in [5, 5.41) is 2.83. The number of furan rings is 2. The van der Waals surface area contributed by atoms with Crippen LogP contribution >= 0.6 is 0 Å². The van der Waals surface area contributed by atoms with Crippen LogP contribution in [0.3, 0.4) is 0 Å². The van der Waals surface area contributed by atoms with E-state index in [2.05, 4.69) is 10.9 Å². The molecule has 0 aliphatic carbocycles. The lowest BCUT2D eigenvalue weighted by molar-refractivity contribution is 0.0831. The van der Waals surface area contributed by atoms with Gasteiger partial charge in [0, 0.05) is 16.3 Å². The molecular weight excluding hydrogens is 332 g/mol. The molecule has 0 aliphatic rings. The molecule has 2 heterocycles. The molecule has 0 unspecified atom stereocenters. The van der Waals surface area contributed by atoms with Crippen molar-refractivity contribution in [2.45, 2.75) is 13.8 Å². The highest BCUT2D eigenvalue weighted by Gasteiger charge is 2.20. The highest BCUT2D eigenvalue weighted by molar-refractivity contribution is 6.09. The van der Waals surface area contributed by atoms with Crippen LogP contribution in [0, 0.1) is 13.8 Å². The Labute approximate surface area is 148 Å². The second-order valence-corrected chi connectivity index (χ2v) is 6.02. The largest absolute Gasteiger partial charge is 0.469 e. The van der Waals surface area contributed by atoms with Crippen molar-refractivity contribution in [3.63, 3.8) is 0 Å². The molecule has 2 aromatic carbocycles. The van der Waals surface area contributed by atoms with Crippen molar-refractivity contribution in [1.29, 1.82) is 0 Å². The van der Waals surface area contributed by atoms with Crippen molar-refractivity contribution in [3.05, 3.63) is 71.4 Å². The Morgan fingerprint density at radius 2 is 1.65 bits per heavy atom. The quantitative estimate of drug-likeness (QED) is 0.539. The van der Waals surface area contributed by atoms with E-state index in [9.17, 15) is 9.59 Å². The highest BCUT2D eigenvalue weighted by atomic mass is 16.3. The minimum absolute atomic E-state index is 0.167. The van der Waals surface area contributed by atoms with E-state index in [0.717, 1.165) is 21.7 Å². The molecule has 0 aliphatic heterocycles. The number of amides is 2. The summed E-state index contributed by atoms with van der Waals surface area (Å²) in [7, 11) is 0. The third-order valence-electron chi connectivity index (χ3n) is 4.43.